The first kappa shape index (κ1) is 80.4. The number of carbonyl (C=O) groups is 3. The van der Waals surface area contributed by atoms with Crippen LogP contribution in [-0.4, -0.2) is 48.9 Å². The van der Waals surface area contributed by atoms with Gasteiger partial charge in [-0.1, -0.05) is 381 Å². The fraction of sp³-hybridized carbons (Fsp3) is 0.959. The molecule has 0 heterocycles. The molecule has 0 saturated carbocycles. The van der Waals surface area contributed by atoms with Gasteiger partial charge < -0.3 is 19.3 Å². The van der Waals surface area contributed by atoms with Crippen molar-refractivity contribution in [1.29, 1.82) is 0 Å². The summed E-state index contributed by atoms with van der Waals surface area (Å²) in [5, 5.41) is 8.64. The van der Waals surface area contributed by atoms with E-state index in [4.69, 9.17) is 19.3 Å². The SMILES string of the molecule is CCCCCCCCCCCCCCCCCC(=O)OCC(COC(=O)CCCCCCCCCCCCCCCCC)OC(=O)CCCCCCCCCCCCCCCCC.CCCCCCCCCCCCCCCCO. The van der Waals surface area contributed by atoms with Gasteiger partial charge in [0, 0.05) is 25.9 Å². The maximum atomic E-state index is 12.8. The Labute approximate surface area is 501 Å². The van der Waals surface area contributed by atoms with Crippen LogP contribution in [0.2, 0.25) is 0 Å². The molecule has 1 N–H and O–H groups in total. The topological polar surface area (TPSA) is 99.1 Å². The van der Waals surface area contributed by atoms with Crippen molar-refractivity contribution in [3.63, 3.8) is 0 Å². The van der Waals surface area contributed by atoms with E-state index in [2.05, 4.69) is 27.7 Å². The first-order valence-electron chi connectivity index (χ1n) is 36.6. The highest BCUT2D eigenvalue weighted by molar-refractivity contribution is 5.71. The lowest BCUT2D eigenvalue weighted by molar-refractivity contribution is -0.167. The third kappa shape index (κ3) is 72.5. The van der Waals surface area contributed by atoms with Gasteiger partial charge in [-0.15, -0.1) is 0 Å². The minimum Gasteiger partial charge on any atom is -0.462 e. The average Bonchev–Trinajstić information content (AvgIpc) is 3.46. The number of hydrogen-bond donors (Lipinski definition) is 1. The summed E-state index contributed by atoms with van der Waals surface area (Å²) in [6.07, 6.45) is 77.2. The molecule has 0 aromatic heterocycles. The zero-order valence-electron chi connectivity index (χ0n) is 54.9. The molecule has 0 aromatic carbocycles. The predicted molar refractivity (Wildman–Crippen MR) is 348 cm³/mol. The molecule has 7 heteroatoms. The van der Waals surface area contributed by atoms with Gasteiger partial charge in [-0.3, -0.25) is 14.4 Å². The summed E-state index contributed by atoms with van der Waals surface area (Å²) in [4.78, 5) is 38.1. The zero-order valence-corrected chi connectivity index (χ0v) is 54.9. The molecular weight excluding hydrogens is 989 g/mol. The van der Waals surface area contributed by atoms with Crippen molar-refractivity contribution in [2.75, 3.05) is 19.8 Å². The molecular formula is C73H144O7. The van der Waals surface area contributed by atoms with E-state index in [1.165, 1.54) is 315 Å². The first-order valence-corrected chi connectivity index (χ1v) is 36.6. The van der Waals surface area contributed by atoms with Crippen molar-refractivity contribution in [2.24, 2.45) is 0 Å². The lowest BCUT2D eigenvalue weighted by atomic mass is 10.0. The van der Waals surface area contributed by atoms with Crippen LogP contribution in [-0.2, 0) is 28.6 Å². The highest BCUT2D eigenvalue weighted by atomic mass is 16.6. The van der Waals surface area contributed by atoms with E-state index < -0.39 is 6.10 Å². The molecule has 0 aliphatic rings. The third-order valence-electron chi connectivity index (χ3n) is 16.6. The lowest BCUT2D eigenvalue weighted by Gasteiger charge is -2.18. The molecule has 0 amide bonds. The van der Waals surface area contributed by atoms with Crippen LogP contribution in [0.5, 0.6) is 0 Å². The minimum absolute atomic E-state index is 0.0611. The number of carbonyl (C=O) groups excluding carboxylic acids is 3. The van der Waals surface area contributed by atoms with Gasteiger partial charge in [-0.25, -0.2) is 0 Å². The largest absolute Gasteiger partial charge is 0.462 e. The van der Waals surface area contributed by atoms with Gasteiger partial charge in [0.25, 0.3) is 0 Å². The van der Waals surface area contributed by atoms with Crippen LogP contribution in [0.15, 0.2) is 0 Å². The molecule has 0 rings (SSSR count). The van der Waals surface area contributed by atoms with Gasteiger partial charge in [0.2, 0.25) is 0 Å². The van der Waals surface area contributed by atoms with Crippen molar-refractivity contribution in [3.8, 4) is 0 Å². The van der Waals surface area contributed by atoms with Crippen molar-refractivity contribution in [2.45, 2.75) is 432 Å². The molecule has 0 spiro atoms. The fourth-order valence-electron chi connectivity index (χ4n) is 11.1. The van der Waals surface area contributed by atoms with E-state index in [0.717, 1.165) is 64.2 Å². The normalized spacial score (nSPS) is 11.3. The minimum atomic E-state index is -0.760. The third-order valence-corrected chi connectivity index (χ3v) is 16.6. The van der Waals surface area contributed by atoms with Crippen molar-refractivity contribution in [3.05, 3.63) is 0 Å². The number of ether oxygens (including phenoxy) is 3. The van der Waals surface area contributed by atoms with E-state index >= 15 is 0 Å². The Bertz CT molecular complexity index is 1110. The summed E-state index contributed by atoms with van der Waals surface area (Å²) in [7, 11) is 0. The smallest absolute Gasteiger partial charge is 0.306 e. The van der Waals surface area contributed by atoms with Gasteiger partial charge in [0.1, 0.15) is 13.2 Å². The molecule has 0 aromatic rings. The number of aliphatic hydroxyl groups excluding tert-OH is 1. The lowest BCUT2D eigenvalue weighted by Crippen LogP contribution is -2.30. The molecule has 478 valence electrons. The number of aliphatic hydroxyl groups is 1. The zero-order chi connectivity index (χ0) is 58.4. The van der Waals surface area contributed by atoms with Crippen LogP contribution in [0.4, 0.5) is 0 Å². The van der Waals surface area contributed by atoms with Crippen molar-refractivity contribution in [1.82, 2.24) is 0 Å². The van der Waals surface area contributed by atoms with E-state index in [1.807, 2.05) is 0 Å². The standard InChI is InChI=1S/C57H110O6.C16H34O/c1-4-7-10-13-16-19-22-25-28-31-34-37-40-43-46-49-55(58)61-52-54(63-57(60)51-48-45-42-39-36-33-30-27-24-21-18-15-12-9-6-3)53-62-56(59)50-47-44-41-38-35-32-29-26-23-20-17-14-11-8-5-2;1-2-3-4-5-6-7-8-9-10-11-12-13-14-15-16-17/h54H,4-53H2,1-3H3;17H,2-16H2,1H3. The predicted octanol–water partition coefficient (Wildman–Crippen LogP) is 24.2. The molecule has 0 radical (unpaired) electrons. The summed E-state index contributed by atoms with van der Waals surface area (Å²) in [5.74, 6) is -0.832. The molecule has 0 unspecified atom stereocenters. The Morgan fingerprint density at radius 3 is 0.588 bits per heavy atom. The molecule has 0 bridgehead atoms. The Kier molecular flexibility index (Phi) is 73.9. The Hall–Kier alpha value is -1.63. The summed E-state index contributed by atoms with van der Waals surface area (Å²) in [5.41, 5.74) is 0. The Morgan fingerprint density at radius 2 is 0.400 bits per heavy atom. The number of unbranched alkanes of at least 4 members (excludes halogenated alkanes) is 55. The number of hydrogen-bond acceptors (Lipinski definition) is 7. The van der Waals surface area contributed by atoms with Crippen LogP contribution in [0.1, 0.15) is 426 Å². The van der Waals surface area contributed by atoms with Gasteiger partial charge in [0.05, 0.1) is 0 Å². The Balaban J connectivity index is 0. The molecule has 0 saturated heterocycles. The summed E-state index contributed by atoms with van der Waals surface area (Å²) >= 11 is 0. The van der Waals surface area contributed by atoms with Gasteiger partial charge in [-0.2, -0.15) is 0 Å². The van der Waals surface area contributed by atoms with Gasteiger partial charge in [-0.05, 0) is 25.7 Å². The number of esters is 3. The molecule has 0 aliphatic carbocycles. The second-order valence-electron chi connectivity index (χ2n) is 24.9. The monoisotopic (exact) mass is 1130 g/mol. The van der Waals surface area contributed by atoms with E-state index in [9.17, 15) is 14.4 Å². The first-order chi connectivity index (χ1) is 39.4. The van der Waals surface area contributed by atoms with E-state index in [-0.39, 0.29) is 31.1 Å². The van der Waals surface area contributed by atoms with Crippen LogP contribution in [0.3, 0.4) is 0 Å². The fourth-order valence-corrected chi connectivity index (χ4v) is 11.1. The summed E-state index contributed by atoms with van der Waals surface area (Å²) in [6, 6.07) is 0. The van der Waals surface area contributed by atoms with Crippen LogP contribution in [0.25, 0.3) is 0 Å². The maximum Gasteiger partial charge on any atom is 0.306 e. The Morgan fingerprint density at radius 1 is 0.237 bits per heavy atom. The second kappa shape index (κ2) is 73.5. The highest BCUT2D eigenvalue weighted by Gasteiger charge is 2.19. The quantitative estimate of drug-likeness (QED) is 0.0368. The van der Waals surface area contributed by atoms with Crippen molar-refractivity contribution >= 4 is 17.9 Å². The van der Waals surface area contributed by atoms with Gasteiger partial charge >= 0.3 is 17.9 Å². The van der Waals surface area contributed by atoms with Crippen LogP contribution >= 0.6 is 0 Å². The second-order valence-corrected chi connectivity index (χ2v) is 24.9. The van der Waals surface area contributed by atoms with E-state index in [1.54, 1.807) is 0 Å². The molecule has 0 fully saturated rings. The van der Waals surface area contributed by atoms with Crippen LogP contribution < -0.4 is 0 Å². The van der Waals surface area contributed by atoms with Crippen molar-refractivity contribution < 1.29 is 33.7 Å². The maximum absolute atomic E-state index is 12.8. The van der Waals surface area contributed by atoms with Crippen LogP contribution in [0, 0.1) is 0 Å². The molecule has 0 aliphatic heterocycles. The summed E-state index contributed by atoms with van der Waals surface area (Å²) in [6.45, 7) is 9.36. The van der Waals surface area contributed by atoms with E-state index in [0.29, 0.717) is 25.9 Å². The average molecular weight is 1130 g/mol. The summed E-state index contributed by atoms with van der Waals surface area (Å²) < 4.78 is 16.9. The number of rotatable bonds is 67. The molecule has 80 heavy (non-hydrogen) atoms. The molecule has 7 nitrogen and oxygen atoms in total. The highest BCUT2D eigenvalue weighted by Crippen LogP contribution is 2.19. The van der Waals surface area contributed by atoms with Gasteiger partial charge in [0.15, 0.2) is 6.10 Å². The molecule has 0 atom stereocenters.